The lowest BCUT2D eigenvalue weighted by molar-refractivity contribution is 0.990. The van der Waals surface area contributed by atoms with Crippen LogP contribution in [0.25, 0.3) is 4.96 Å². The third-order valence-corrected chi connectivity index (χ3v) is 3.89. The Morgan fingerprint density at radius 1 is 1.20 bits per heavy atom. The minimum atomic E-state index is -0.0859. The number of fused-ring (bicyclic) bond motifs is 1. The molecule has 3 rings (SSSR count). The summed E-state index contributed by atoms with van der Waals surface area (Å²) in [5.74, 6) is 0. The lowest BCUT2D eigenvalue weighted by atomic mass is 10.3. The topological polar surface area (TPSA) is 46.4 Å². The van der Waals surface area contributed by atoms with Gasteiger partial charge in [0.05, 0.1) is 12.2 Å². The number of nitrogens with one attached hydrogen (secondary N) is 1. The van der Waals surface area contributed by atoms with Crippen molar-refractivity contribution < 1.29 is 0 Å². The summed E-state index contributed by atoms with van der Waals surface area (Å²) in [7, 11) is 0. The van der Waals surface area contributed by atoms with Gasteiger partial charge in [-0.05, 0) is 18.2 Å². The Bertz CT molecular complexity index is 808. The van der Waals surface area contributed by atoms with E-state index in [1.54, 1.807) is 24.4 Å². The molecule has 0 unspecified atom stereocenters. The van der Waals surface area contributed by atoms with Crippen LogP contribution < -0.4 is 10.9 Å². The summed E-state index contributed by atoms with van der Waals surface area (Å²) in [6.07, 6.45) is 1.71. The van der Waals surface area contributed by atoms with Crippen molar-refractivity contribution in [2.75, 3.05) is 5.32 Å². The third kappa shape index (κ3) is 2.80. The molecular formula is C13H9Cl2N3OS. The van der Waals surface area contributed by atoms with Crippen LogP contribution in [-0.4, -0.2) is 9.38 Å². The molecule has 0 amide bonds. The fourth-order valence-electron chi connectivity index (χ4n) is 1.83. The maximum absolute atomic E-state index is 11.8. The van der Waals surface area contributed by atoms with Crippen LogP contribution in [0.15, 0.2) is 40.6 Å². The lowest BCUT2D eigenvalue weighted by Crippen LogP contribution is -2.14. The maximum Gasteiger partial charge on any atom is 0.258 e. The average molecular weight is 326 g/mol. The lowest BCUT2D eigenvalue weighted by Gasteiger charge is -2.07. The van der Waals surface area contributed by atoms with Crippen molar-refractivity contribution in [3.8, 4) is 0 Å². The molecule has 3 aromatic rings. The Labute approximate surface area is 128 Å². The van der Waals surface area contributed by atoms with Gasteiger partial charge in [0.2, 0.25) is 0 Å². The second-order valence-corrected chi connectivity index (χ2v) is 5.90. The SMILES string of the molecule is O=c1cc(CNc2cc(Cl)cc(Cl)c2)nc2sccn12. The summed E-state index contributed by atoms with van der Waals surface area (Å²) in [6, 6.07) is 6.71. The molecule has 1 aromatic carbocycles. The van der Waals surface area contributed by atoms with E-state index in [9.17, 15) is 4.79 Å². The Hall–Kier alpha value is -1.56. The van der Waals surface area contributed by atoms with Gasteiger partial charge in [-0.25, -0.2) is 4.98 Å². The zero-order chi connectivity index (χ0) is 14.1. The van der Waals surface area contributed by atoms with Crippen LogP contribution in [-0.2, 0) is 6.54 Å². The van der Waals surface area contributed by atoms with Crippen LogP contribution in [0.5, 0.6) is 0 Å². The van der Waals surface area contributed by atoms with Crippen molar-refractivity contribution >= 4 is 45.2 Å². The van der Waals surface area contributed by atoms with Crippen molar-refractivity contribution in [1.82, 2.24) is 9.38 Å². The van der Waals surface area contributed by atoms with Crippen LogP contribution in [0.4, 0.5) is 5.69 Å². The van der Waals surface area contributed by atoms with E-state index in [1.165, 1.54) is 21.8 Å². The monoisotopic (exact) mass is 325 g/mol. The molecule has 2 heterocycles. The highest BCUT2D eigenvalue weighted by atomic mass is 35.5. The van der Waals surface area contributed by atoms with E-state index in [2.05, 4.69) is 10.3 Å². The zero-order valence-corrected chi connectivity index (χ0v) is 12.5. The molecule has 0 spiro atoms. The van der Waals surface area contributed by atoms with Crippen LogP contribution in [0.1, 0.15) is 5.69 Å². The molecule has 0 aliphatic carbocycles. The predicted molar refractivity (Wildman–Crippen MR) is 83.1 cm³/mol. The van der Waals surface area contributed by atoms with E-state index in [-0.39, 0.29) is 5.56 Å². The van der Waals surface area contributed by atoms with E-state index >= 15 is 0 Å². The molecule has 7 heteroatoms. The zero-order valence-electron chi connectivity index (χ0n) is 10.1. The van der Waals surface area contributed by atoms with Crippen LogP contribution in [0, 0.1) is 0 Å². The number of hydrogen-bond acceptors (Lipinski definition) is 4. The minimum absolute atomic E-state index is 0.0859. The van der Waals surface area contributed by atoms with Gasteiger partial charge in [-0.3, -0.25) is 9.20 Å². The van der Waals surface area contributed by atoms with Crippen LogP contribution in [0.2, 0.25) is 10.0 Å². The first kappa shape index (κ1) is 13.4. The third-order valence-electron chi connectivity index (χ3n) is 2.69. The van der Waals surface area contributed by atoms with Crippen molar-refractivity contribution in [2.45, 2.75) is 6.54 Å². The Balaban J connectivity index is 1.84. The molecule has 20 heavy (non-hydrogen) atoms. The number of nitrogens with zero attached hydrogens (tertiary/aromatic N) is 2. The first-order valence-electron chi connectivity index (χ1n) is 5.77. The largest absolute Gasteiger partial charge is 0.379 e. The van der Waals surface area contributed by atoms with Crippen LogP contribution in [0.3, 0.4) is 0 Å². The molecule has 0 saturated heterocycles. The van der Waals surface area contributed by atoms with Gasteiger partial charge in [0.25, 0.3) is 5.56 Å². The van der Waals surface area contributed by atoms with Crippen molar-refractivity contribution in [1.29, 1.82) is 0 Å². The first-order valence-corrected chi connectivity index (χ1v) is 7.41. The molecule has 4 nitrogen and oxygen atoms in total. The fourth-order valence-corrected chi connectivity index (χ4v) is 3.09. The summed E-state index contributed by atoms with van der Waals surface area (Å²) >= 11 is 13.3. The van der Waals surface area contributed by atoms with Gasteiger partial charge in [-0.15, -0.1) is 11.3 Å². The molecule has 0 fully saturated rings. The highest BCUT2D eigenvalue weighted by Crippen LogP contribution is 2.22. The molecular weight excluding hydrogens is 317 g/mol. The molecule has 0 saturated carbocycles. The average Bonchev–Trinajstić information content (AvgIpc) is 2.84. The summed E-state index contributed by atoms with van der Waals surface area (Å²) in [6.45, 7) is 0.431. The molecule has 0 atom stereocenters. The van der Waals surface area contributed by atoms with Gasteiger partial charge in [0.1, 0.15) is 0 Å². The smallest absolute Gasteiger partial charge is 0.258 e. The normalized spacial score (nSPS) is 10.9. The highest BCUT2D eigenvalue weighted by molar-refractivity contribution is 7.15. The Morgan fingerprint density at radius 3 is 2.70 bits per heavy atom. The quantitative estimate of drug-likeness (QED) is 0.799. The Kier molecular flexibility index (Phi) is 3.65. The number of anilines is 1. The number of halogens is 2. The molecule has 1 N–H and O–H groups in total. The molecule has 2 aromatic heterocycles. The standard InChI is InChI=1S/C13H9Cl2N3OS/c14-8-3-9(15)5-10(4-8)16-7-11-6-12(19)18-1-2-20-13(18)17-11/h1-6,16H,7H2. The summed E-state index contributed by atoms with van der Waals surface area (Å²) in [5.41, 5.74) is 1.38. The van der Waals surface area contributed by atoms with E-state index in [0.717, 1.165) is 5.69 Å². The number of benzene rings is 1. The van der Waals surface area contributed by atoms with Gasteiger partial charge in [-0.2, -0.15) is 0 Å². The van der Waals surface area contributed by atoms with Gasteiger partial charge in [-0.1, -0.05) is 23.2 Å². The van der Waals surface area contributed by atoms with E-state index in [1.807, 2.05) is 5.38 Å². The number of rotatable bonds is 3. The first-order chi connectivity index (χ1) is 9.61. The highest BCUT2D eigenvalue weighted by Gasteiger charge is 2.04. The molecule has 0 aliphatic heterocycles. The predicted octanol–water partition coefficient (Wildman–Crippen LogP) is 3.67. The maximum atomic E-state index is 11.8. The fraction of sp³-hybridized carbons (Fsp3) is 0.0769. The number of aromatic nitrogens is 2. The second kappa shape index (κ2) is 5.44. The van der Waals surface area contributed by atoms with Gasteiger partial charge in [0, 0.05) is 33.4 Å². The second-order valence-electron chi connectivity index (χ2n) is 4.15. The molecule has 0 aliphatic rings. The van der Waals surface area contributed by atoms with E-state index in [0.29, 0.717) is 27.2 Å². The summed E-state index contributed by atoms with van der Waals surface area (Å²) < 4.78 is 1.52. The number of thiazole rings is 1. The van der Waals surface area contributed by atoms with Crippen molar-refractivity contribution in [2.24, 2.45) is 0 Å². The minimum Gasteiger partial charge on any atom is -0.379 e. The Morgan fingerprint density at radius 2 is 1.95 bits per heavy atom. The summed E-state index contributed by atoms with van der Waals surface area (Å²) in [5, 5.41) is 6.10. The van der Waals surface area contributed by atoms with Crippen molar-refractivity contribution in [3.05, 3.63) is 61.9 Å². The van der Waals surface area contributed by atoms with Crippen LogP contribution >= 0.6 is 34.5 Å². The van der Waals surface area contributed by atoms with Gasteiger partial charge < -0.3 is 5.32 Å². The van der Waals surface area contributed by atoms with E-state index < -0.39 is 0 Å². The number of hydrogen-bond donors (Lipinski definition) is 1. The van der Waals surface area contributed by atoms with E-state index in [4.69, 9.17) is 23.2 Å². The van der Waals surface area contributed by atoms with Gasteiger partial charge in [0.15, 0.2) is 4.96 Å². The summed E-state index contributed by atoms with van der Waals surface area (Å²) in [4.78, 5) is 16.9. The molecule has 0 bridgehead atoms. The van der Waals surface area contributed by atoms with Gasteiger partial charge >= 0.3 is 0 Å². The van der Waals surface area contributed by atoms with Crippen molar-refractivity contribution in [3.63, 3.8) is 0 Å². The molecule has 0 radical (unpaired) electrons. The molecule has 102 valence electrons.